The van der Waals surface area contributed by atoms with E-state index in [1.54, 1.807) is 15.9 Å². The minimum absolute atomic E-state index is 0.00158. The molecule has 0 aromatic heterocycles. The summed E-state index contributed by atoms with van der Waals surface area (Å²) in [5.74, 6) is -2.28. The Bertz CT molecular complexity index is 1250. The van der Waals surface area contributed by atoms with Crippen LogP contribution in [0.5, 0.6) is 0 Å². The second-order valence-corrected chi connectivity index (χ2v) is 8.80. The third-order valence-corrected chi connectivity index (χ3v) is 6.49. The van der Waals surface area contributed by atoms with E-state index < -0.39 is 28.8 Å². The van der Waals surface area contributed by atoms with Crippen molar-refractivity contribution in [2.75, 3.05) is 40.4 Å². The molecule has 12 heteroatoms. The lowest BCUT2D eigenvalue weighted by Crippen LogP contribution is -2.52. The third kappa shape index (κ3) is 6.32. The van der Waals surface area contributed by atoms with Crippen LogP contribution in [0.2, 0.25) is 0 Å². The average Bonchev–Trinajstić information content (AvgIpc) is 2.92. The maximum absolute atomic E-state index is 13.0. The summed E-state index contributed by atoms with van der Waals surface area (Å²) < 4.78 is 9.61. The molecule has 12 nitrogen and oxygen atoms in total. The molecule has 1 fully saturated rings. The fraction of sp³-hybridized carbons (Fsp3) is 0.385. The van der Waals surface area contributed by atoms with Crippen LogP contribution in [0.3, 0.4) is 0 Å². The number of benzene rings is 2. The molecule has 3 rings (SSSR count). The van der Waals surface area contributed by atoms with Crippen molar-refractivity contribution >= 4 is 29.4 Å². The predicted molar refractivity (Wildman–Crippen MR) is 135 cm³/mol. The largest absolute Gasteiger partial charge is 0.465 e. The highest BCUT2D eigenvalue weighted by atomic mass is 16.6. The summed E-state index contributed by atoms with van der Waals surface area (Å²) in [6.45, 7) is 2.94. The van der Waals surface area contributed by atoms with E-state index in [1.807, 2.05) is 6.92 Å². The van der Waals surface area contributed by atoms with Crippen molar-refractivity contribution in [2.24, 2.45) is 5.73 Å². The standard InChI is InChI=1S/C26H30N4O8/c1-4-16-11-17(13-19(12-16)30(35)36)14-22(31)28-7-9-29(10-8-28)23(24(27)32)21-15-18(25(33)37-2)5-6-20(21)26(34)38-3/h5-6,11-13,15,23H,4,7-10,14H2,1-3H3,(H2,27,32). The maximum Gasteiger partial charge on any atom is 0.338 e. The van der Waals surface area contributed by atoms with Crippen molar-refractivity contribution in [2.45, 2.75) is 25.8 Å². The first-order valence-electron chi connectivity index (χ1n) is 12.0. The number of hydrogen-bond acceptors (Lipinski definition) is 9. The highest BCUT2D eigenvalue weighted by molar-refractivity contribution is 5.97. The molecule has 2 amide bonds. The molecule has 0 aliphatic carbocycles. The maximum atomic E-state index is 13.0. The second kappa shape index (κ2) is 12.3. The number of methoxy groups -OCH3 is 2. The molecule has 202 valence electrons. The number of non-ortho nitro benzene ring substituents is 1. The fourth-order valence-corrected chi connectivity index (χ4v) is 4.53. The normalized spacial score (nSPS) is 14.4. The highest BCUT2D eigenvalue weighted by Crippen LogP contribution is 2.28. The number of nitrogens with zero attached hydrogens (tertiary/aromatic N) is 3. The number of rotatable bonds is 9. The number of carbonyl (C=O) groups is 4. The Balaban J connectivity index is 1.80. The molecular formula is C26H30N4O8. The van der Waals surface area contributed by atoms with Crippen LogP contribution in [-0.4, -0.2) is 78.9 Å². The van der Waals surface area contributed by atoms with Crippen molar-refractivity contribution < 1.29 is 33.6 Å². The van der Waals surface area contributed by atoms with Gasteiger partial charge in [0.2, 0.25) is 11.8 Å². The lowest BCUT2D eigenvalue weighted by Gasteiger charge is -2.38. The summed E-state index contributed by atoms with van der Waals surface area (Å²) in [6.07, 6.45) is 0.600. The summed E-state index contributed by atoms with van der Waals surface area (Å²) in [4.78, 5) is 64.2. The SMILES string of the molecule is CCc1cc(CC(=O)N2CCN(C(C(N)=O)c3cc(C(=O)OC)ccc3C(=O)OC)CC2)cc([N+](=O)[O-])c1. The van der Waals surface area contributed by atoms with Crippen molar-refractivity contribution in [1.82, 2.24) is 9.80 Å². The van der Waals surface area contributed by atoms with Gasteiger partial charge in [-0.3, -0.25) is 24.6 Å². The zero-order chi connectivity index (χ0) is 28.0. The number of nitro groups is 1. The number of amides is 2. The first-order chi connectivity index (χ1) is 18.1. The highest BCUT2D eigenvalue weighted by Gasteiger charge is 2.34. The third-order valence-electron chi connectivity index (χ3n) is 6.49. The van der Waals surface area contributed by atoms with E-state index in [2.05, 4.69) is 0 Å². The Morgan fingerprint density at radius 1 is 0.974 bits per heavy atom. The number of ether oxygens (including phenoxy) is 2. The van der Waals surface area contributed by atoms with Gasteiger partial charge in [-0.1, -0.05) is 13.0 Å². The number of hydrogen-bond donors (Lipinski definition) is 1. The molecule has 0 spiro atoms. The predicted octanol–water partition coefficient (Wildman–Crippen LogP) is 1.64. The van der Waals surface area contributed by atoms with Crippen molar-refractivity contribution in [1.29, 1.82) is 0 Å². The van der Waals surface area contributed by atoms with Gasteiger partial charge in [-0.25, -0.2) is 9.59 Å². The topological polar surface area (TPSA) is 162 Å². The Labute approximate surface area is 219 Å². The van der Waals surface area contributed by atoms with E-state index in [0.29, 0.717) is 12.0 Å². The molecule has 2 aromatic rings. The van der Waals surface area contributed by atoms with E-state index in [9.17, 15) is 29.3 Å². The molecule has 0 bridgehead atoms. The zero-order valence-corrected chi connectivity index (χ0v) is 21.5. The number of primary amides is 1. The summed E-state index contributed by atoms with van der Waals surface area (Å²) in [7, 11) is 2.42. The number of nitro benzene ring substituents is 1. The minimum Gasteiger partial charge on any atom is -0.465 e. The molecule has 1 aliphatic rings. The molecule has 1 saturated heterocycles. The van der Waals surface area contributed by atoms with Crippen LogP contribution in [0.4, 0.5) is 5.69 Å². The van der Waals surface area contributed by atoms with Gasteiger partial charge in [0, 0.05) is 38.3 Å². The van der Waals surface area contributed by atoms with Crippen LogP contribution in [-0.2, 0) is 31.9 Å². The number of aryl methyl sites for hydroxylation is 1. The van der Waals surface area contributed by atoms with Gasteiger partial charge in [0.25, 0.3) is 5.69 Å². The quantitative estimate of drug-likeness (QED) is 0.291. The van der Waals surface area contributed by atoms with Crippen LogP contribution in [0.25, 0.3) is 0 Å². The van der Waals surface area contributed by atoms with Crippen LogP contribution in [0, 0.1) is 10.1 Å². The van der Waals surface area contributed by atoms with E-state index in [-0.39, 0.29) is 60.9 Å². The molecule has 2 N–H and O–H groups in total. The first-order valence-corrected chi connectivity index (χ1v) is 12.0. The van der Waals surface area contributed by atoms with E-state index in [4.69, 9.17) is 15.2 Å². The van der Waals surface area contributed by atoms with Crippen molar-refractivity contribution in [3.05, 3.63) is 74.3 Å². The van der Waals surface area contributed by atoms with Gasteiger partial charge in [-0.2, -0.15) is 0 Å². The van der Waals surface area contributed by atoms with E-state index in [0.717, 1.165) is 5.56 Å². The monoisotopic (exact) mass is 526 g/mol. The minimum atomic E-state index is -1.06. The number of nitrogens with two attached hydrogens (primary N) is 1. The summed E-state index contributed by atoms with van der Waals surface area (Å²) in [5.41, 5.74) is 7.44. The van der Waals surface area contributed by atoms with Gasteiger partial charge in [0.1, 0.15) is 6.04 Å². The molecule has 0 radical (unpaired) electrons. The first kappa shape index (κ1) is 28.3. The average molecular weight is 527 g/mol. The van der Waals surface area contributed by atoms with Gasteiger partial charge in [0.15, 0.2) is 0 Å². The second-order valence-electron chi connectivity index (χ2n) is 8.80. The number of carbonyl (C=O) groups excluding carboxylic acids is 4. The van der Waals surface area contributed by atoms with Crippen LogP contribution < -0.4 is 5.73 Å². The van der Waals surface area contributed by atoms with Crippen LogP contribution >= 0.6 is 0 Å². The molecule has 1 aliphatic heterocycles. The van der Waals surface area contributed by atoms with Gasteiger partial charge in [0.05, 0.1) is 36.7 Å². The van der Waals surface area contributed by atoms with Crippen LogP contribution in [0.15, 0.2) is 36.4 Å². The number of esters is 2. The van der Waals surface area contributed by atoms with Crippen molar-refractivity contribution in [3.63, 3.8) is 0 Å². The summed E-state index contributed by atoms with van der Waals surface area (Å²) in [6, 6.07) is 7.79. The van der Waals surface area contributed by atoms with Gasteiger partial charge < -0.3 is 20.1 Å². The summed E-state index contributed by atoms with van der Waals surface area (Å²) >= 11 is 0. The molecule has 1 heterocycles. The molecule has 1 unspecified atom stereocenters. The smallest absolute Gasteiger partial charge is 0.338 e. The molecule has 0 saturated carbocycles. The van der Waals surface area contributed by atoms with Gasteiger partial charge in [-0.15, -0.1) is 0 Å². The van der Waals surface area contributed by atoms with Crippen LogP contribution in [0.1, 0.15) is 50.4 Å². The molecule has 2 aromatic carbocycles. The lowest BCUT2D eigenvalue weighted by atomic mass is 9.95. The Hall–Kier alpha value is -4.32. The van der Waals surface area contributed by atoms with Crippen molar-refractivity contribution in [3.8, 4) is 0 Å². The van der Waals surface area contributed by atoms with E-state index in [1.165, 1.54) is 44.6 Å². The molecular weight excluding hydrogens is 496 g/mol. The fourth-order valence-electron chi connectivity index (χ4n) is 4.53. The molecule has 38 heavy (non-hydrogen) atoms. The zero-order valence-electron chi connectivity index (χ0n) is 21.5. The van der Waals surface area contributed by atoms with E-state index >= 15 is 0 Å². The van der Waals surface area contributed by atoms with Gasteiger partial charge in [-0.05, 0) is 41.3 Å². The van der Waals surface area contributed by atoms with Gasteiger partial charge >= 0.3 is 11.9 Å². The number of piperazine rings is 1. The summed E-state index contributed by atoms with van der Waals surface area (Å²) in [5, 5.41) is 11.3. The Kier molecular flexibility index (Phi) is 9.13. The Morgan fingerprint density at radius 3 is 2.16 bits per heavy atom. The molecule has 1 atom stereocenters. The Morgan fingerprint density at radius 2 is 1.61 bits per heavy atom. The lowest BCUT2D eigenvalue weighted by molar-refractivity contribution is -0.385.